The molecule has 0 fully saturated rings. The Morgan fingerprint density at radius 2 is 1.88 bits per heavy atom. The van der Waals surface area contributed by atoms with Crippen molar-refractivity contribution in [1.82, 2.24) is 0 Å². The summed E-state index contributed by atoms with van der Waals surface area (Å²) in [6, 6.07) is 3.30. The van der Waals surface area contributed by atoms with Gasteiger partial charge in [0.2, 0.25) is 0 Å². The van der Waals surface area contributed by atoms with Gasteiger partial charge in [-0.2, -0.15) is 9.59 Å². The topological polar surface area (TPSA) is 96.0 Å². The van der Waals surface area contributed by atoms with Gasteiger partial charge in [-0.05, 0) is 12.1 Å². The van der Waals surface area contributed by atoms with Gasteiger partial charge in [-0.25, -0.2) is 0 Å². The SMILES string of the molecule is COC(=O)CC1COc2c(Cl)cc(Cl)cc2C1C(C)C(=O)OC.O=C=O. The maximum absolute atomic E-state index is 12.0. The number of methoxy groups -OCH3 is 2. The molecule has 142 valence electrons. The van der Waals surface area contributed by atoms with Gasteiger partial charge in [0.1, 0.15) is 5.75 Å². The molecule has 0 radical (unpaired) electrons. The Kier molecular flexibility index (Phi) is 8.58. The molecule has 2 rings (SSSR count). The molecule has 0 aromatic heterocycles. The monoisotopic (exact) mass is 404 g/mol. The molecular weight excluding hydrogens is 387 g/mol. The molecule has 1 aromatic rings. The van der Waals surface area contributed by atoms with E-state index in [1.807, 2.05) is 0 Å². The zero-order valence-electron chi connectivity index (χ0n) is 14.4. The van der Waals surface area contributed by atoms with Crippen LogP contribution in [0.25, 0.3) is 0 Å². The number of benzene rings is 1. The summed E-state index contributed by atoms with van der Waals surface area (Å²) in [5.41, 5.74) is 0.709. The van der Waals surface area contributed by atoms with Crippen molar-refractivity contribution in [2.24, 2.45) is 11.8 Å². The fraction of sp³-hybridized carbons (Fsp3) is 0.471. The predicted octanol–water partition coefficient (Wildman–Crippen LogP) is 2.87. The van der Waals surface area contributed by atoms with Crippen LogP contribution >= 0.6 is 23.2 Å². The summed E-state index contributed by atoms with van der Waals surface area (Å²) in [6.07, 6.45) is 0.381. The first-order valence-electron chi connectivity index (χ1n) is 7.56. The van der Waals surface area contributed by atoms with E-state index in [-0.39, 0.29) is 43.0 Å². The minimum atomic E-state index is -0.480. The van der Waals surface area contributed by atoms with Crippen molar-refractivity contribution in [3.8, 4) is 5.75 Å². The molecule has 0 aliphatic carbocycles. The number of carbonyl (C=O) groups is 2. The van der Waals surface area contributed by atoms with Crippen molar-refractivity contribution in [1.29, 1.82) is 0 Å². The van der Waals surface area contributed by atoms with Gasteiger partial charge in [-0.3, -0.25) is 9.59 Å². The molecular formula is C17H18Cl2O7. The summed E-state index contributed by atoms with van der Waals surface area (Å²) >= 11 is 12.3. The highest BCUT2D eigenvalue weighted by Crippen LogP contribution is 2.47. The van der Waals surface area contributed by atoms with Crippen LogP contribution in [0.4, 0.5) is 0 Å². The van der Waals surface area contributed by atoms with Crippen molar-refractivity contribution in [3.05, 3.63) is 27.7 Å². The molecule has 1 aromatic carbocycles. The van der Waals surface area contributed by atoms with Gasteiger partial charge in [0.15, 0.2) is 0 Å². The van der Waals surface area contributed by atoms with Crippen LogP contribution in [0, 0.1) is 11.8 Å². The highest BCUT2D eigenvalue weighted by Gasteiger charge is 2.40. The molecule has 26 heavy (non-hydrogen) atoms. The van der Waals surface area contributed by atoms with E-state index >= 15 is 0 Å². The zero-order valence-corrected chi connectivity index (χ0v) is 15.9. The maximum atomic E-state index is 12.0. The first kappa shape index (κ1) is 22.0. The Bertz CT molecular complexity index is 699. The molecule has 7 nitrogen and oxygen atoms in total. The Morgan fingerprint density at radius 3 is 2.42 bits per heavy atom. The predicted molar refractivity (Wildman–Crippen MR) is 91.0 cm³/mol. The first-order valence-corrected chi connectivity index (χ1v) is 8.31. The lowest BCUT2D eigenvalue weighted by molar-refractivity contribution is -0.191. The molecule has 9 heteroatoms. The molecule has 1 heterocycles. The molecule has 0 amide bonds. The van der Waals surface area contributed by atoms with E-state index < -0.39 is 5.92 Å². The van der Waals surface area contributed by atoms with Crippen LogP contribution < -0.4 is 4.74 Å². The van der Waals surface area contributed by atoms with E-state index in [4.69, 9.17) is 47.0 Å². The third-order valence-electron chi connectivity index (χ3n) is 4.11. The smallest absolute Gasteiger partial charge is 0.373 e. The summed E-state index contributed by atoms with van der Waals surface area (Å²) in [6.45, 7) is 2.01. The Labute approximate surface area is 160 Å². The molecule has 0 bridgehead atoms. The molecule has 0 saturated carbocycles. The number of carbonyl (C=O) groups excluding carboxylic acids is 4. The summed E-state index contributed by atoms with van der Waals surface area (Å²) in [7, 11) is 2.66. The van der Waals surface area contributed by atoms with Gasteiger partial charge in [-0.15, -0.1) is 0 Å². The quantitative estimate of drug-likeness (QED) is 0.711. The summed E-state index contributed by atoms with van der Waals surface area (Å²) in [5, 5.41) is 0.823. The Balaban J connectivity index is 0.00000105. The van der Waals surface area contributed by atoms with E-state index in [2.05, 4.69) is 0 Å². The van der Waals surface area contributed by atoms with Crippen molar-refractivity contribution in [2.75, 3.05) is 20.8 Å². The van der Waals surface area contributed by atoms with Gasteiger partial charge in [-0.1, -0.05) is 30.1 Å². The van der Waals surface area contributed by atoms with Crippen molar-refractivity contribution in [3.63, 3.8) is 0 Å². The molecule has 0 N–H and O–H groups in total. The summed E-state index contributed by atoms with van der Waals surface area (Å²) in [4.78, 5) is 40.0. The number of rotatable bonds is 4. The Morgan fingerprint density at radius 1 is 1.27 bits per heavy atom. The second-order valence-corrected chi connectivity index (χ2v) is 6.42. The lowest BCUT2D eigenvalue weighted by Crippen LogP contribution is -2.35. The fourth-order valence-electron chi connectivity index (χ4n) is 3.02. The number of hydrogen-bond acceptors (Lipinski definition) is 7. The largest absolute Gasteiger partial charge is 0.491 e. The van der Waals surface area contributed by atoms with Crippen LogP contribution in [0.1, 0.15) is 24.8 Å². The van der Waals surface area contributed by atoms with E-state index in [9.17, 15) is 9.59 Å². The van der Waals surface area contributed by atoms with Crippen LogP contribution in [0.15, 0.2) is 12.1 Å². The minimum absolute atomic E-state index is 0.131. The van der Waals surface area contributed by atoms with Crippen LogP contribution in [-0.4, -0.2) is 38.9 Å². The van der Waals surface area contributed by atoms with E-state index in [0.717, 1.165) is 0 Å². The van der Waals surface area contributed by atoms with Crippen molar-refractivity contribution >= 4 is 41.3 Å². The maximum Gasteiger partial charge on any atom is 0.373 e. The average molecular weight is 405 g/mol. The number of esters is 2. The molecule has 0 saturated heterocycles. The second kappa shape index (κ2) is 10.2. The third kappa shape index (κ3) is 5.21. The zero-order chi connectivity index (χ0) is 19.9. The summed E-state index contributed by atoms with van der Waals surface area (Å²) in [5.74, 6) is -1.25. The third-order valence-corrected chi connectivity index (χ3v) is 4.61. The molecule has 1 aliphatic rings. The van der Waals surface area contributed by atoms with Crippen LogP contribution in [-0.2, 0) is 28.7 Å². The standard InChI is InChI=1S/C16H18Cl2O5.CO2/c1-8(16(20)22-3)14-9(4-13(19)21-2)7-23-15-11(14)5-10(17)6-12(15)18;2-1-3/h5-6,8-9,14H,4,7H2,1-3H3;. The van der Waals surface area contributed by atoms with E-state index in [0.29, 0.717) is 21.4 Å². The van der Waals surface area contributed by atoms with Gasteiger partial charge in [0.05, 0.1) is 38.2 Å². The highest BCUT2D eigenvalue weighted by molar-refractivity contribution is 6.35. The number of halogens is 2. The van der Waals surface area contributed by atoms with E-state index in [1.165, 1.54) is 14.2 Å². The number of hydrogen-bond donors (Lipinski definition) is 0. The van der Waals surface area contributed by atoms with Crippen LogP contribution in [0.2, 0.25) is 10.0 Å². The fourth-order valence-corrected chi connectivity index (χ4v) is 3.59. The number of ether oxygens (including phenoxy) is 3. The lowest BCUT2D eigenvalue weighted by atomic mass is 9.74. The summed E-state index contributed by atoms with van der Waals surface area (Å²) < 4.78 is 15.3. The molecule has 1 aliphatic heterocycles. The normalized spacial score (nSPS) is 18.8. The first-order chi connectivity index (χ1) is 12.3. The average Bonchev–Trinajstić information content (AvgIpc) is 2.60. The minimum Gasteiger partial charge on any atom is -0.491 e. The molecule has 0 spiro atoms. The van der Waals surface area contributed by atoms with Gasteiger partial charge in [0.25, 0.3) is 0 Å². The van der Waals surface area contributed by atoms with Crippen molar-refractivity contribution in [2.45, 2.75) is 19.3 Å². The van der Waals surface area contributed by atoms with Crippen molar-refractivity contribution < 1.29 is 33.4 Å². The van der Waals surface area contributed by atoms with E-state index in [1.54, 1.807) is 19.1 Å². The van der Waals surface area contributed by atoms with Gasteiger partial charge >= 0.3 is 18.1 Å². The molecule has 3 atom stereocenters. The van der Waals surface area contributed by atoms with Gasteiger partial charge < -0.3 is 14.2 Å². The van der Waals surface area contributed by atoms with Gasteiger partial charge in [0, 0.05) is 22.4 Å². The lowest BCUT2D eigenvalue weighted by Gasteiger charge is -2.36. The highest BCUT2D eigenvalue weighted by atomic mass is 35.5. The van der Waals surface area contributed by atoms with Crippen LogP contribution in [0.5, 0.6) is 5.75 Å². The van der Waals surface area contributed by atoms with Crippen LogP contribution in [0.3, 0.4) is 0 Å². The Hall–Kier alpha value is -2.08. The molecule has 3 unspecified atom stereocenters. The number of fused-ring (bicyclic) bond motifs is 1. The second-order valence-electron chi connectivity index (χ2n) is 5.58.